The minimum Gasteiger partial charge on any atom is -0.469 e. The van der Waals surface area contributed by atoms with Gasteiger partial charge in [-0.15, -0.1) is 0 Å². The first-order valence-corrected chi connectivity index (χ1v) is 5.66. The lowest BCUT2D eigenvalue weighted by Gasteiger charge is -2.15. The summed E-state index contributed by atoms with van der Waals surface area (Å²) in [5.41, 5.74) is 6.88. The van der Waals surface area contributed by atoms with Crippen LogP contribution in [0, 0.1) is 0 Å². The fourth-order valence-corrected chi connectivity index (χ4v) is 2.09. The van der Waals surface area contributed by atoms with Crippen molar-refractivity contribution < 1.29 is 4.42 Å². The van der Waals surface area contributed by atoms with Crippen molar-refractivity contribution in [1.29, 1.82) is 0 Å². The molecule has 0 saturated heterocycles. The molecular weight excluding hydrogens is 222 g/mol. The number of furan rings is 1. The summed E-state index contributed by atoms with van der Waals surface area (Å²) < 4.78 is 5.33. The molecule has 2 aromatic rings. The van der Waals surface area contributed by atoms with Crippen molar-refractivity contribution in [3.63, 3.8) is 0 Å². The number of hydrogen-bond acceptors (Lipinski definition) is 2. The number of halogens is 1. The van der Waals surface area contributed by atoms with Crippen molar-refractivity contribution in [3.8, 4) is 0 Å². The Bertz CT molecular complexity index is 439. The van der Waals surface area contributed by atoms with E-state index in [1.165, 1.54) is 0 Å². The molecular formula is C13H14ClNO. The van der Waals surface area contributed by atoms with Crippen molar-refractivity contribution in [2.75, 3.05) is 6.54 Å². The van der Waals surface area contributed by atoms with E-state index in [0.717, 1.165) is 22.8 Å². The van der Waals surface area contributed by atoms with Gasteiger partial charge in [0.05, 0.1) is 6.26 Å². The van der Waals surface area contributed by atoms with Gasteiger partial charge in [-0.25, -0.2) is 0 Å². The molecule has 1 atom stereocenters. The zero-order valence-corrected chi connectivity index (χ0v) is 9.65. The first kappa shape index (κ1) is 11.2. The highest BCUT2D eigenvalue weighted by Crippen LogP contribution is 2.26. The zero-order chi connectivity index (χ0) is 11.4. The van der Waals surface area contributed by atoms with Crippen LogP contribution in [0.1, 0.15) is 17.2 Å². The number of benzene rings is 1. The van der Waals surface area contributed by atoms with Gasteiger partial charge in [0.1, 0.15) is 5.76 Å². The molecule has 0 radical (unpaired) electrons. The van der Waals surface area contributed by atoms with Crippen LogP contribution >= 0.6 is 11.6 Å². The van der Waals surface area contributed by atoms with Gasteiger partial charge in [0.2, 0.25) is 0 Å². The number of hydrogen-bond donors (Lipinski definition) is 1. The van der Waals surface area contributed by atoms with E-state index in [1.807, 2.05) is 36.4 Å². The van der Waals surface area contributed by atoms with Crippen LogP contribution in [0.3, 0.4) is 0 Å². The minimum absolute atomic E-state index is 0.208. The zero-order valence-electron chi connectivity index (χ0n) is 8.90. The molecule has 1 aromatic heterocycles. The molecule has 2 N–H and O–H groups in total. The van der Waals surface area contributed by atoms with Crippen molar-refractivity contribution in [2.45, 2.75) is 12.3 Å². The predicted molar refractivity (Wildman–Crippen MR) is 65.7 cm³/mol. The maximum absolute atomic E-state index is 6.15. The van der Waals surface area contributed by atoms with Crippen molar-refractivity contribution in [2.24, 2.45) is 5.73 Å². The lowest BCUT2D eigenvalue weighted by molar-refractivity contribution is 0.487. The maximum atomic E-state index is 6.15. The Balaban J connectivity index is 2.20. The maximum Gasteiger partial charge on any atom is 0.104 e. The second-order valence-electron chi connectivity index (χ2n) is 3.74. The molecule has 0 fully saturated rings. The van der Waals surface area contributed by atoms with E-state index in [9.17, 15) is 0 Å². The Morgan fingerprint density at radius 2 is 2.00 bits per heavy atom. The fourth-order valence-electron chi connectivity index (χ4n) is 1.80. The Hall–Kier alpha value is -1.25. The highest BCUT2D eigenvalue weighted by Gasteiger charge is 2.14. The molecule has 0 aliphatic heterocycles. The highest BCUT2D eigenvalue weighted by atomic mass is 35.5. The van der Waals surface area contributed by atoms with Crippen molar-refractivity contribution in [1.82, 2.24) is 0 Å². The summed E-state index contributed by atoms with van der Waals surface area (Å²) in [6.07, 6.45) is 2.46. The van der Waals surface area contributed by atoms with Gasteiger partial charge in [-0.1, -0.05) is 29.8 Å². The van der Waals surface area contributed by atoms with Gasteiger partial charge < -0.3 is 10.2 Å². The third-order valence-electron chi connectivity index (χ3n) is 2.66. The van der Waals surface area contributed by atoms with Crippen molar-refractivity contribution in [3.05, 3.63) is 59.0 Å². The summed E-state index contributed by atoms with van der Waals surface area (Å²) in [5, 5.41) is 0.768. The van der Waals surface area contributed by atoms with Gasteiger partial charge >= 0.3 is 0 Å². The largest absolute Gasteiger partial charge is 0.469 e. The molecule has 1 unspecified atom stereocenters. The Labute approximate surface area is 100 Å². The third-order valence-corrected chi connectivity index (χ3v) is 3.00. The predicted octanol–water partition coefficient (Wildman–Crippen LogP) is 3.22. The fraction of sp³-hybridized carbons (Fsp3) is 0.231. The van der Waals surface area contributed by atoms with E-state index in [4.69, 9.17) is 21.8 Å². The van der Waals surface area contributed by atoms with E-state index < -0.39 is 0 Å². The van der Waals surface area contributed by atoms with Gasteiger partial charge in [-0.2, -0.15) is 0 Å². The SMILES string of the molecule is NCC(Cc1ccco1)c1ccccc1Cl. The average Bonchev–Trinajstić information content (AvgIpc) is 2.80. The molecule has 0 saturated carbocycles. The summed E-state index contributed by atoms with van der Waals surface area (Å²) in [6, 6.07) is 11.7. The second-order valence-corrected chi connectivity index (χ2v) is 4.14. The van der Waals surface area contributed by atoms with E-state index in [2.05, 4.69) is 0 Å². The van der Waals surface area contributed by atoms with Crippen LogP contribution in [-0.2, 0) is 6.42 Å². The molecule has 0 bridgehead atoms. The molecule has 16 heavy (non-hydrogen) atoms. The van der Waals surface area contributed by atoms with Gasteiger partial charge in [-0.05, 0) is 30.3 Å². The van der Waals surface area contributed by atoms with Crippen LogP contribution in [0.5, 0.6) is 0 Å². The van der Waals surface area contributed by atoms with E-state index >= 15 is 0 Å². The monoisotopic (exact) mass is 235 g/mol. The molecule has 0 amide bonds. The molecule has 0 spiro atoms. The summed E-state index contributed by atoms with van der Waals surface area (Å²) in [7, 11) is 0. The van der Waals surface area contributed by atoms with E-state index in [0.29, 0.717) is 6.54 Å². The lowest BCUT2D eigenvalue weighted by Crippen LogP contribution is -2.15. The molecule has 0 aliphatic rings. The van der Waals surface area contributed by atoms with Gasteiger partial charge in [0.15, 0.2) is 0 Å². The minimum atomic E-state index is 0.208. The van der Waals surface area contributed by atoms with Crippen LogP contribution in [0.15, 0.2) is 47.1 Å². The van der Waals surface area contributed by atoms with Crippen LogP contribution in [0.2, 0.25) is 5.02 Å². The standard InChI is InChI=1S/C13H14ClNO/c14-13-6-2-1-5-12(13)10(9-15)8-11-4-3-7-16-11/h1-7,10H,8-9,15H2. The first-order chi connectivity index (χ1) is 7.81. The number of rotatable bonds is 4. The Morgan fingerprint density at radius 1 is 1.19 bits per heavy atom. The summed E-state index contributed by atoms with van der Waals surface area (Å²) >= 11 is 6.15. The molecule has 84 valence electrons. The molecule has 1 heterocycles. The van der Waals surface area contributed by atoms with Gasteiger partial charge in [0.25, 0.3) is 0 Å². The van der Waals surface area contributed by atoms with Crippen LogP contribution in [0.4, 0.5) is 0 Å². The van der Waals surface area contributed by atoms with Crippen LogP contribution in [-0.4, -0.2) is 6.54 Å². The molecule has 2 nitrogen and oxygen atoms in total. The Morgan fingerprint density at radius 3 is 2.62 bits per heavy atom. The first-order valence-electron chi connectivity index (χ1n) is 5.28. The average molecular weight is 236 g/mol. The molecule has 1 aromatic carbocycles. The molecule has 2 rings (SSSR count). The highest BCUT2D eigenvalue weighted by molar-refractivity contribution is 6.31. The molecule has 0 aliphatic carbocycles. The van der Waals surface area contributed by atoms with Gasteiger partial charge in [-0.3, -0.25) is 0 Å². The quantitative estimate of drug-likeness (QED) is 0.884. The van der Waals surface area contributed by atoms with Gasteiger partial charge in [0, 0.05) is 17.4 Å². The topological polar surface area (TPSA) is 39.2 Å². The summed E-state index contributed by atoms with van der Waals surface area (Å²) in [6.45, 7) is 0.560. The summed E-state index contributed by atoms with van der Waals surface area (Å²) in [4.78, 5) is 0. The number of nitrogens with two attached hydrogens (primary N) is 1. The van der Waals surface area contributed by atoms with E-state index in [-0.39, 0.29) is 5.92 Å². The molecule has 3 heteroatoms. The lowest BCUT2D eigenvalue weighted by atomic mass is 9.95. The normalized spacial score (nSPS) is 12.6. The summed E-state index contributed by atoms with van der Waals surface area (Å²) in [5.74, 6) is 1.15. The van der Waals surface area contributed by atoms with Crippen LogP contribution < -0.4 is 5.73 Å². The third kappa shape index (κ3) is 2.46. The Kier molecular flexibility index (Phi) is 3.65. The van der Waals surface area contributed by atoms with Crippen LogP contribution in [0.25, 0.3) is 0 Å². The van der Waals surface area contributed by atoms with E-state index in [1.54, 1.807) is 6.26 Å². The van der Waals surface area contributed by atoms with Crippen molar-refractivity contribution >= 4 is 11.6 Å². The second kappa shape index (κ2) is 5.19. The smallest absolute Gasteiger partial charge is 0.104 e.